The van der Waals surface area contributed by atoms with Gasteiger partial charge in [-0.2, -0.15) is 0 Å². The first-order chi connectivity index (χ1) is 25.8. The topological polar surface area (TPSA) is 0 Å². The second-order valence-corrected chi connectivity index (χ2v) is 15.5. The zero-order valence-corrected chi connectivity index (χ0v) is 29.0. The summed E-state index contributed by atoms with van der Waals surface area (Å²) in [7, 11) is 0. The quantitative estimate of drug-likeness (QED) is 0.162. The molecule has 2 bridgehead atoms. The molecule has 0 aromatic heterocycles. The zero-order valence-electron chi connectivity index (χ0n) is 29.0. The van der Waals surface area contributed by atoms with Crippen LogP contribution in [-0.4, -0.2) is 0 Å². The summed E-state index contributed by atoms with van der Waals surface area (Å²) >= 11 is 0. The highest BCUT2D eigenvalue weighted by molar-refractivity contribution is 6.30. The predicted molar refractivity (Wildman–Crippen MR) is 219 cm³/mol. The van der Waals surface area contributed by atoms with Crippen molar-refractivity contribution in [3.63, 3.8) is 0 Å². The molecule has 2 unspecified atom stereocenters. The van der Waals surface area contributed by atoms with Crippen LogP contribution in [-0.2, 0) is 11.8 Å². The van der Waals surface area contributed by atoms with Gasteiger partial charge in [0, 0.05) is 5.41 Å². The molecule has 244 valence electrons. The zero-order chi connectivity index (χ0) is 34.0. The van der Waals surface area contributed by atoms with Gasteiger partial charge in [-0.3, -0.25) is 0 Å². The maximum absolute atomic E-state index is 2.47. The third-order valence-corrected chi connectivity index (χ3v) is 13.0. The second-order valence-electron chi connectivity index (χ2n) is 15.5. The first-order valence-corrected chi connectivity index (χ1v) is 19.0. The number of hydrogen-bond donors (Lipinski definition) is 0. The molecule has 0 saturated heterocycles. The molecule has 2 atom stereocenters. The Morgan fingerprint density at radius 2 is 1.25 bits per heavy atom. The van der Waals surface area contributed by atoms with Gasteiger partial charge >= 0.3 is 0 Å². The molecule has 0 aliphatic heterocycles. The van der Waals surface area contributed by atoms with Gasteiger partial charge in [-0.1, -0.05) is 157 Å². The molecule has 1 spiro atoms. The normalized spacial score (nSPS) is 19.0. The molecule has 0 heterocycles. The molecular formula is C52H36. The maximum Gasteiger partial charge on any atom is 0.0476 e. The van der Waals surface area contributed by atoms with Crippen LogP contribution < -0.4 is 0 Å². The largest absolute Gasteiger partial charge is 0.0622 e. The van der Waals surface area contributed by atoms with Crippen molar-refractivity contribution in [2.24, 2.45) is 0 Å². The Kier molecular flexibility index (Phi) is 5.81. The van der Waals surface area contributed by atoms with Crippen molar-refractivity contribution in [1.29, 1.82) is 0 Å². The Balaban J connectivity index is 1.23. The van der Waals surface area contributed by atoms with Gasteiger partial charge in [0.05, 0.1) is 0 Å². The number of benzene rings is 9. The molecular weight excluding hydrogens is 625 g/mol. The van der Waals surface area contributed by atoms with Crippen molar-refractivity contribution in [3.8, 4) is 22.3 Å². The van der Waals surface area contributed by atoms with Crippen LogP contribution in [0.5, 0.6) is 0 Å². The molecule has 9 aromatic rings. The van der Waals surface area contributed by atoms with E-state index in [2.05, 4.69) is 164 Å². The fourth-order valence-electron chi connectivity index (χ4n) is 10.9. The Morgan fingerprint density at radius 3 is 2.19 bits per heavy atom. The lowest BCUT2D eigenvalue weighted by atomic mass is 9.63. The van der Waals surface area contributed by atoms with Crippen LogP contribution in [0.15, 0.2) is 169 Å². The fraction of sp³-hybridized carbons (Fsp3) is 0.115. The van der Waals surface area contributed by atoms with Crippen LogP contribution in [0, 0.1) is 0 Å². The summed E-state index contributed by atoms with van der Waals surface area (Å²) in [6, 6.07) is 62.7. The Morgan fingerprint density at radius 1 is 0.500 bits per heavy atom. The van der Waals surface area contributed by atoms with Crippen LogP contribution in [0.25, 0.3) is 70.9 Å². The van der Waals surface area contributed by atoms with Gasteiger partial charge < -0.3 is 0 Å². The van der Waals surface area contributed by atoms with E-state index in [1.54, 1.807) is 16.7 Å². The van der Waals surface area contributed by atoms with E-state index in [9.17, 15) is 0 Å². The van der Waals surface area contributed by atoms with E-state index < -0.39 is 0 Å². The summed E-state index contributed by atoms with van der Waals surface area (Å²) in [4.78, 5) is 0. The number of hydrogen-bond acceptors (Lipinski definition) is 0. The standard InChI is InChI=1S/C52H36/c1-2-12-33(13-3-1)36-25-26-42-47(30-36)52(31-32-11-8-16-37(27-32)40-18-6-7-22-46(40)52)51-44-21-10-19-41-45(38-24-23-34-14-4-5-15-35(34)28-38)29-39-17-9-20-43(50(42)51)48(39)49(41)44/h1-24,27-29,36H,25-26,30-31H2. The fourth-order valence-corrected chi connectivity index (χ4v) is 10.9. The molecule has 0 amide bonds. The third kappa shape index (κ3) is 3.77. The molecule has 3 aliphatic rings. The van der Waals surface area contributed by atoms with Crippen molar-refractivity contribution in [1.82, 2.24) is 0 Å². The van der Waals surface area contributed by atoms with E-state index in [0.717, 1.165) is 19.3 Å². The number of rotatable bonds is 2. The van der Waals surface area contributed by atoms with Crippen LogP contribution >= 0.6 is 0 Å². The molecule has 12 rings (SSSR count). The minimum atomic E-state index is -0.266. The highest BCUT2D eigenvalue weighted by Gasteiger charge is 2.51. The SMILES string of the molecule is c1ccc(C2CCC3=C(C2)C2(Cc4cccc(c4)-c4ccccc42)c2c3c3cccc4cc(-c5ccc6ccccc6c5)c5cccc2c5c43)cc1. The smallest absolute Gasteiger partial charge is 0.0476 e. The molecule has 52 heavy (non-hydrogen) atoms. The molecule has 0 radical (unpaired) electrons. The first-order valence-electron chi connectivity index (χ1n) is 19.0. The van der Waals surface area contributed by atoms with Gasteiger partial charge in [-0.25, -0.2) is 0 Å². The van der Waals surface area contributed by atoms with Crippen LogP contribution in [0.2, 0.25) is 0 Å². The van der Waals surface area contributed by atoms with Crippen molar-refractivity contribution in [3.05, 3.63) is 197 Å². The third-order valence-electron chi connectivity index (χ3n) is 13.0. The van der Waals surface area contributed by atoms with Gasteiger partial charge in [0.2, 0.25) is 0 Å². The molecule has 0 saturated carbocycles. The average Bonchev–Trinajstić information content (AvgIpc) is 3.45. The average molecular weight is 661 g/mol. The lowest BCUT2D eigenvalue weighted by molar-refractivity contribution is 0.525. The van der Waals surface area contributed by atoms with Crippen molar-refractivity contribution in [2.45, 2.75) is 37.0 Å². The summed E-state index contributed by atoms with van der Waals surface area (Å²) in [5.41, 5.74) is 15.8. The van der Waals surface area contributed by atoms with E-state index in [1.807, 2.05) is 0 Å². The summed E-state index contributed by atoms with van der Waals surface area (Å²) in [6.45, 7) is 0. The predicted octanol–water partition coefficient (Wildman–Crippen LogP) is 13.6. The Bertz CT molecular complexity index is 2960. The molecule has 0 heteroatoms. The summed E-state index contributed by atoms with van der Waals surface area (Å²) in [5, 5.41) is 10.9. The van der Waals surface area contributed by atoms with Crippen molar-refractivity contribution >= 4 is 48.7 Å². The minimum Gasteiger partial charge on any atom is -0.0622 e. The van der Waals surface area contributed by atoms with E-state index in [0.29, 0.717) is 5.92 Å². The highest BCUT2D eigenvalue weighted by Crippen LogP contribution is 2.64. The second kappa shape index (κ2) is 10.5. The summed E-state index contributed by atoms with van der Waals surface area (Å²) < 4.78 is 0. The molecule has 3 aliphatic carbocycles. The van der Waals surface area contributed by atoms with Gasteiger partial charge in [0.1, 0.15) is 0 Å². The van der Waals surface area contributed by atoms with Gasteiger partial charge in [-0.05, 0) is 142 Å². The lowest BCUT2D eigenvalue weighted by Gasteiger charge is -2.39. The first kappa shape index (κ1) is 28.7. The molecule has 0 fully saturated rings. The van der Waals surface area contributed by atoms with Crippen molar-refractivity contribution in [2.75, 3.05) is 0 Å². The van der Waals surface area contributed by atoms with Crippen LogP contribution in [0.3, 0.4) is 0 Å². The summed E-state index contributed by atoms with van der Waals surface area (Å²) in [5.74, 6) is 0.505. The minimum absolute atomic E-state index is 0.266. The van der Waals surface area contributed by atoms with E-state index in [1.165, 1.54) is 94.0 Å². The van der Waals surface area contributed by atoms with Gasteiger partial charge in [-0.15, -0.1) is 0 Å². The van der Waals surface area contributed by atoms with E-state index >= 15 is 0 Å². The summed E-state index contributed by atoms with van der Waals surface area (Å²) in [6.07, 6.45) is 4.34. The Hall–Kier alpha value is -5.98. The molecule has 0 N–H and O–H groups in total. The molecule has 0 nitrogen and oxygen atoms in total. The van der Waals surface area contributed by atoms with Crippen molar-refractivity contribution < 1.29 is 0 Å². The number of allylic oxidation sites excluding steroid dienone is 2. The monoisotopic (exact) mass is 660 g/mol. The maximum atomic E-state index is 2.47. The lowest BCUT2D eigenvalue weighted by Crippen LogP contribution is -2.33. The van der Waals surface area contributed by atoms with E-state index in [-0.39, 0.29) is 5.41 Å². The highest BCUT2D eigenvalue weighted by atomic mass is 14.5. The Labute approximate surface area is 304 Å². The van der Waals surface area contributed by atoms with Gasteiger partial charge in [0.25, 0.3) is 0 Å². The van der Waals surface area contributed by atoms with E-state index in [4.69, 9.17) is 0 Å². The number of fused-ring (bicyclic) bond motifs is 12. The van der Waals surface area contributed by atoms with Gasteiger partial charge in [0.15, 0.2) is 0 Å². The van der Waals surface area contributed by atoms with Crippen LogP contribution in [0.4, 0.5) is 0 Å². The molecule has 9 aromatic carbocycles. The van der Waals surface area contributed by atoms with Crippen LogP contribution in [0.1, 0.15) is 53.0 Å².